The van der Waals surface area contributed by atoms with Crippen molar-refractivity contribution in [1.82, 2.24) is 14.9 Å². The van der Waals surface area contributed by atoms with Gasteiger partial charge in [-0.1, -0.05) is 0 Å². The highest BCUT2D eigenvalue weighted by Gasteiger charge is 2.44. The van der Waals surface area contributed by atoms with Crippen molar-refractivity contribution in [3.8, 4) is 0 Å². The maximum absolute atomic E-state index is 13.6. The van der Waals surface area contributed by atoms with E-state index in [4.69, 9.17) is 0 Å². The molecule has 0 aromatic carbocycles. The number of hydrogen-bond acceptors (Lipinski definition) is 5. The standard InChI is InChI=1S/C15H24FN5/c1-20(2)13-12(16)9-17-14(19-13)18-10-15(5-6-15)11-21-7-3-4-8-21/h9H,3-8,10-11H2,1-2H3,(H,17,18,19). The molecule has 0 amide bonds. The molecule has 0 radical (unpaired) electrons. The van der Waals surface area contributed by atoms with E-state index in [1.54, 1.807) is 19.0 Å². The van der Waals surface area contributed by atoms with Crippen LogP contribution in [-0.4, -0.2) is 55.1 Å². The van der Waals surface area contributed by atoms with Gasteiger partial charge in [0.15, 0.2) is 11.6 Å². The van der Waals surface area contributed by atoms with Crippen LogP contribution in [0.1, 0.15) is 25.7 Å². The first-order valence-corrected chi connectivity index (χ1v) is 7.74. The Morgan fingerprint density at radius 1 is 1.33 bits per heavy atom. The molecule has 0 unspecified atom stereocenters. The molecule has 1 aliphatic heterocycles. The second-order valence-corrected chi connectivity index (χ2v) is 6.60. The Labute approximate surface area is 125 Å². The molecular weight excluding hydrogens is 269 g/mol. The molecule has 1 aromatic heterocycles. The van der Waals surface area contributed by atoms with Crippen LogP contribution in [0.5, 0.6) is 0 Å². The molecule has 2 heterocycles. The van der Waals surface area contributed by atoms with E-state index in [-0.39, 0.29) is 5.82 Å². The van der Waals surface area contributed by atoms with Gasteiger partial charge in [-0.3, -0.25) is 0 Å². The van der Waals surface area contributed by atoms with Crippen molar-refractivity contribution in [3.63, 3.8) is 0 Å². The van der Waals surface area contributed by atoms with Crippen molar-refractivity contribution >= 4 is 11.8 Å². The lowest BCUT2D eigenvalue weighted by atomic mass is 10.1. The minimum absolute atomic E-state index is 0.330. The molecule has 5 nitrogen and oxygen atoms in total. The molecule has 1 aromatic rings. The van der Waals surface area contributed by atoms with Crippen molar-refractivity contribution in [1.29, 1.82) is 0 Å². The second-order valence-electron chi connectivity index (χ2n) is 6.60. The number of likely N-dealkylation sites (tertiary alicyclic amines) is 1. The van der Waals surface area contributed by atoms with Crippen LogP contribution in [0.25, 0.3) is 0 Å². The third-order valence-corrected chi connectivity index (χ3v) is 4.49. The van der Waals surface area contributed by atoms with Gasteiger partial charge in [0.1, 0.15) is 0 Å². The fourth-order valence-corrected chi connectivity index (χ4v) is 3.01. The average Bonchev–Trinajstić information content (AvgIpc) is 3.02. The zero-order chi connectivity index (χ0) is 14.9. The molecule has 1 N–H and O–H groups in total. The van der Waals surface area contributed by atoms with Crippen LogP contribution in [0.2, 0.25) is 0 Å². The van der Waals surface area contributed by atoms with Crippen LogP contribution in [0, 0.1) is 11.2 Å². The lowest BCUT2D eigenvalue weighted by Crippen LogP contribution is -2.32. The SMILES string of the molecule is CN(C)c1nc(NCC2(CN3CCCC3)CC2)ncc1F. The van der Waals surface area contributed by atoms with Gasteiger partial charge >= 0.3 is 0 Å². The van der Waals surface area contributed by atoms with Crippen molar-refractivity contribution in [3.05, 3.63) is 12.0 Å². The van der Waals surface area contributed by atoms with E-state index in [9.17, 15) is 4.39 Å². The van der Waals surface area contributed by atoms with Crippen LogP contribution in [0.4, 0.5) is 16.2 Å². The van der Waals surface area contributed by atoms with Gasteiger partial charge in [-0.05, 0) is 38.8 Å². The van der Waals surface area contributed by atoms with E-state index in [2.05, 4.69) is 20.2 Å². The number of halogens is 1. The van der Waals surface area contributed by atoms with Crippen LogP contribution >= 0.6 is 0 Å². The van der Waals surface area contributed by atoms with Gasteiger partial charge < -0.3 is 15.1 Å². The predicted molar refractivity (Wildman–Crippen MR) is 82.1 cm³/mol. The van der Waals surface area contributed by atoms with Crippen LogP contribution in [0.15, 0.2) is 6.20 Å². The maximum atomic E-state index is 13.6. The molecule has 21 heavy (non-hydrogen) atoms. The minimum atomic E-state index is -0.385. The topological polar surface area (TPSA) is 44.3 Å². The number of anilines is 2. The monoisotopic (exact) mass is 293 g/mol. The number of nitrogens with one attached hydrogen (secondary N) is 1. The highest BCUT2D eigenvalue weighted by atomic mass is 19.1. The van der Waals surface area contributed by atoms with Crippen molar-refractivity contribution in [2.45, 2.75) is 25.7 Å². The highest BCUT2D eigenvalue weighted by molar-refractivity contribution is 5.42. The third-order valence-electron chi connectivity index (χ3n) is 4.49. The number of rotatable bonds is 6. The van der Waals surface area contributed by atoms with Gasteiger partial charge in [0.05, 0.1) is 6.20 Å². The molecule has 116 valence electrons. The Hall–Kier alpha value is -1.43. The molecule has 2 fully saturated rings. The summed E-state index contributed by atoms with van der Waals surface area (Å²) in [7, 11) is 3.57. The summed E-state index contributed by atoms with van der Waals surface area (Å²) < 4.78 is 13.6. The van der Waals surface area contributed by atoms with Gasteiger partial charge in [-0.15, -0.1) is 0 Å². The van der Waals surface area contributed by atoms with E-state index in [1.807, 2.05) is 0 Å². The molecule has 0 atom stereocenters. The van der Waals surface area contributed by atoms with Gasteiger partial charge in [-0.25, -0.2) is 9.37 Å². The first kappa shape index (κ1) is 14.5. The largest absolute Gasteiger partial charge is 0.360 e. The number of aromatic nitrogens is 2. The fourth-order valence-electron chi connectivity index (χ4n) is 3.01. The van der Waals surface area contributed by atoms with E-state index in [0.717, 1.165) is 6.54 Å². The first-order chi connectivity index (χ1) is 10.1. The predicted octanol–water partition coefficient (Wildman–Crippen LogP) is 1.97. The molecule has 1 saturated carbocycles. The molecular formula is C15H24FN5. The smallest absolute Gasteiger partial charge is 0.224 e. The summed E-state index contributed by atoms with van der Waals surface area (Å²) in [5.41, 5.74) is 0.375. The molecule has 3 rings (SSSR count). The zero-order valence-corrected chi connectivity index (χ0v) is 12.9. The summed E-state index contributed by atoms with van der Waals surface area (Å²) in [5, 5.41) is 3.30. The molecule has 6 heteroatoms. The molecule has 1 saturated heterocycles. The molecule has 2 aliphatic rings. The Morgan fingerprint density at radius 2 is 2.05 bits per heavy atom. The van der Waals surface area contributed by atoms with E-state index in [0.29, 0.717) is 17.2 Å². The van der Waals surface area contributed by atoms with E-state index >= 15 is 0 Å². The van der Waals surface area contributed by atoms with Crippen LogP contribution in [-0.2, 0) is 0 Å². The van der Waals surface area contributed by atoms with Crippen molar-refractivity contribution in [2.24, 2.45) is 5.41 Å². The van der Waals surface area contributed by atoms with Gasteiger partial charge in [0.25, 0.3) is 0 Å². The van der Waals surface area contributed by atoms with Gasteiger partial charge in [-0.2, -0.15) is 4.98 Å². The average molecular weight is 293 g/mol. The maximum Gasteiger partial charge on any atom is 0.224 e. The molecule has 1 aliphatic carbocycles. The Bertz CT molecular complexity index is 495. The summed E-state index contributed by atoms with van der Waals surface area (Å²) in [6.45, 7) is 4.52. The Balaban J connectivity index is 1.58. The van der Waals surface area contributed by atoms with E-state index in [1.165, 1.54) is 51.5 Å². The normalized spacial score (nSPS) is 20.5. The van der Waals surface area contributed by atoms with Crippen LogP contribution < -0.4 is 10.2 Å². The first-order valence-electron chi connectivity index (χ1n) is 7.74. The fraction of sp³-hybridized carbons (Fsp3) is 0.733. The lowest BCUT2D eigenvalue weighted by Gasteiger charge is -2.23. The van der Waals surface area contributed by atoms with Crippen molar-refractivity contribution < 1.29 is 4.39 Å². The van der Waals surface area contributed by atoms with Gasteiger partial charge in [0.2, 0.25) is 5.95 Å². The Morgan fingerprint density at radius 3 is 2.67 bits per heavy atom. The zero-order valence-electron chi connectivity index (χ0n) is 12.9. The number of nitrogens with zero attached hydrogens (tertiary/aromatic N) is 4. The summed E-state index contributed by atoms with van der Waals surface area (Å²) in [6.07, 6.45) is 6.43. The van der Waals surface area contributed by atoms with Crippen molar-refractivity contribution in [2.75, 3.05) is 50.5 Å². The summed E-state index contributed by atoms with van der Waals surface area (Å²) in [4.78, 5) is 12.5. The summed E-state index contributed by atoms with van der Waals surface area (Å²) in [5.74, 6) is 0.466. The quantitative estimate of drug-likeness (QED) is 0.869. The summed E-state index contributed by atoms with van der Waals surface area (Å²) in [6, 6.07) is 0. The molecule has 0 bridgehead atoms. The van der Waals surface area contributed by atoms with Crippen LogP contribution in [0.3, 0.4) is 0 Å². The van der Waals surface area contributed by atoms with E-state index < -0.39 is 0 Å². The number of hydrogen-bond donors (Lipinski definition) is 1. The second kappa shape index (κ2) is 5.75. The lowest BCUT2D eigenvalue weighted by molar-refractivity contribution is 0.271. The third kappa shape index (κ3) is 3.43. The van der Waals surface area contributed by atoms with Gasteiger partial charge in [0, 0.05) is 32.6 Å². The highest BCUT2D eigenvalue weighted by Crippen LogP contribution is 2.46. The Kier molecular flexibility index (Phi) is 3.97. The summed E-state index contributed by atoms with van der Waals surface area (Å²) >= 11 is 0. The minimum Gasteiger partial charge on any atom is -0.360 e. The molecule has 0 spiro atoms.